The molecule has 2 aliphatic rings. The van der Waals surface area contributed by atoms with Gasteiger partial charge in [0.25, 0.3) is 11.5 Å². The van der Waals surface area contributed by atoms with Crippen molar-refractivity contribution in [1.29, 1.82) is 0 Å². The summed E-state index contributed by atoms with van der Waals surface area (Å²) in [7, 11) is 0. The van der Waals surface area contributed by atoms with Crippen molar-refractivity contribution in [2.24, 2.45) is 0 Å². The number of pyridine rings is 1. The van der Waals surface area contributed by atoms with Gasteiger partial charge in [-0.2, -0.15) is 0 Å². The van der Waals surface area contributed by atoms with Gasteiger partial charge in [-0.3, -0.25) is 9.59 Å². The summed E-state index contributed by atoms with van der Waals surface area (Å²) < 4.78 is 1.78. The predicted molar refractivity (Wildman–Crippen MR) is 98.8 cm³/mol. The molecule has 0 bridgehead atoms. The van der Waals surface area contributed by atoms with Gasteiger partial charge in [-0.15, -0.1) is 0 Å². The maximum atomic E-state index is 13.2. The van der Waals surface area contributed by atoms with E-state index in [0.29, 0.717) is 12.1 Å². The Morgan fingerprint density at radius 2 is 1.80 bits per heavy atom. The molecule has 2 aromatic rings. The number of nitrogens with one attached hydrogen (secondary N) is 1. The molecule has 0 saturated heterocycles. The highest BCUT2D eigenvalue weighted by Gasteiger charge is 2.26. The van der Waals surface area contributed by atoms with E-state index in [1.165, 1.54) is 19.3 Å². The fourth-order valence-electron chi connectivity index (χ4n) is 4.21. The molecule has 130 valence electrons. The van der Waals surface area contributed by atoms with Gasteiger partial charge >= 0.3 is 0 Å². The van der Waals surface area contributed by atoms with Gasteiger partial charge in [0.05, 0.1) is 5.56 Å². The van der Waals surface area contributed by atoms with E-state index in [1.807, 2.05) is 30.3 Å². The SMILES string of the molecule is O=C(NC1CCCCC1)c1c(-c2ccccc2)cc(=O)n2c1CCC2. The van der Waals surface area contributed by atoms with E-state index in [4.69, 9.17) is 0 Å². The van der Waals surface area contributed by atoms with E-state index >= 15 is 0 Å². The van der Waals surface area contributed by atoms with Gasteiger partial charge in [-0.25, -0.2) is 0 Å². The van der Waals surface area contributed by atoms with E-state index in [-0.39, 0.29) is 17.5 Å². The Kier molecular flexibility index (Phi) is 4.43. The zero-order valence-electron chi connectivity index (χ0n) is 14.5. The van der Waals surface area contributed by atoms with Crippen molar-refractivity contribution in [2.75, 3.05) is 0 Å². The summed E-state index contributed by atoms with van der Waals surface area (Å²) in [5.74, 6) is -0.0172. The molecule has 0 radical (unpaired) electrons. The second-order valence-electron chi connectivity index (χ2n) is 7.15. The minimum absolute atomic E-state index is 0.000527. The summed E-state index contributed by atoms with van der Waals surface area (Å²) in [5, 5.41) is 3.24. The number of carbonyl (C=O) groups excluding carboxylic acids is 1. The number of amides is 1. The molecule has 1 N–H and O–H groups in total. The van der Waals surface area contributed by atoms with Crippen molar-refractivity contribution in [3.05, 3.63) is 58.0 Å². The van der Waals surface area contributed by atoms with Gasteiger partial charge in [0.2, 0.25) is 0 Å². The van der Waals surface area contributed by atoms with Crippen LogP contribution in [0.2, 0.25) is 0 Å². The van der Waals surface area contributed by atoms with Crippen LogP contribution in [-0.4, -0.2) is 16.5 Å². The standard InChI is InChI=1S/C21H24N2O2/c24-19-14-17(15-8-3-1-4-9-15)20(18-12-7-13-23(18)19)21(25)22-16-10-5-2-6-11-16/h1,3-4,8-9,14,16H,2,5-7,10-13H2,(H,22,25). The molecule has 2 heterocycles. The van der Waals surface area contributed by atoms with Gasteiger partial charge in [0, 0.05) is 29.9 Å². The van der Waals surface area contributed by atoms with E-state index < -0.39 is 0 Å². The first-order valence-corrected chi connectivity index (χ1v) is 9.37. The van der Waals surface area contributed by atoms with Gasteiger partial charge < -0.3 is 9.88 Å². The number of carbonyl (C=O) groups is 1. The highest BCUT2D eigenvalue weighted by Crippen LogP contribution is 2.29. The number of rotatable bonds is 3. The topological polar surface area (TPSA) is 51.1 Å². The molecule has 4 rings (SSSR count). The monoisotopic (exact) mass is 336 g/mol. The minimum Gasteiger partial charge on any atom is -0.349 e. The van der Waals surface area contributed by atoms with Crippen LogP contribution in [0.25, 0.3) is 11.1 Å². The molecule has 1 aliphatic carbocycles. The van der Waals surface area contributed by atoms with Crippen LogP contribution < -0.4 is 10.9 Å². The van der Waals surface area contributed by atoms with Crippen molar-refractivity contribution >= 4 is 5.91 Å². The lowest BCUT2D eigenvalue weighted by Gasteiger charge is -2.24. The van der Waals surface area contributed by atoms with Crippen LogP contribution in [0.1, 0.15) is 54.6 Å². The Morgan fingerprint density at radius 3 is 2.56 bits per heavy atom. The van der Waals surface area contributed by atoms with Crippen LogP contribution in [0.4, 0.5) is 0 Å². The number of nitrogens with zero attached hydrogens (tertiary/aromatic N) is 1. The quantitative estimate of drug-likeness (QED) is 0.932. The van der Waals surface area contributed by atoms with Crippen molar-refractivity contribution in [2.45, 2.75) is 57.5 Å². The van der Waals surface area contributed by atoms with E-state index in [0.717, 1.165) is 42.5 Å². The summed E-state index contributed by atoms with van der Waals surface area (Å²) in [6.07, 6.45) is 7.47. The van der Waals surface area contributed by atoms with Gasteiger partial charge in [-0.1, -0.05) is 49.6 Å². The lowest BCUT2D eigenvalue weighted by Crippen LogP contribution is -2.38. The average Bonchev–Trinajstić information content (AvgIpc) is 3.13. The third-order valence-corrected chi connectivity index (χ3v) is 5.47. The molecule has 1 fully saturated rings. The largest absolute Gasteiger partial charge is 0.349 e. The Bertz CT molecular complexity index is 833. The zero-order valence-corrected chi connectivity index (χ0v) is 14.5. The van der Waals surface area contributed by atoms with Crippen LogP contribution in [0.5, 0.6) is 0 Å². The number of hydrogen-bond donors (Lipinski definition) is 1. The maximum absolute atomic E-state index is 13.2. The molecule has 0 spiro atoms. The third kappa shape index (κ3) is 3.13. The first kappa shape index (κ1) is 16.1. The molecule has 1 saturated carbocycles. The molecular formula is C21H24N2O2. The predicted octanol–water partition coefficient (Wildman–Crippen LogP) is 3.52. The van der Waals surface area contributed by atoms with Gasteiger partial charge in [0.15, 0.2) is 0 Å². The van der Waals surface area contributed by atoms with Crippen molar-refractivity contribution in [3.63, 3.8) is 0 Å². The Hall–Kier alpha value is -2.36. The zero-order chi connectivity index (χ0) is 17.2. The second kappa shape index (κ2) is 6.87. The van der Waals surface area contributed by atoms with E-state index in [2.05, 4.69) is 5.32 Å². The fourth-order valence-corrected chi connectivity index (χ4v) is 4.21. The summed E-state index contributed by atoms with van der Waals surface area (Å²) in [5.41, 5.74) is 3.31. The van der Waals surface area contributed by atoms with Gasteiger partial charge in [-0.05, 0) is 31.2 Å². The molecule has 25 heavy (non-hydrogen) atoms. The Morgan fingerprint density at radius 1 is 1.04 bits per heavy atom. The Labute approximate surface area is 147 Å². The molecular weight excluding hydrogens is 312 g/mol. The first-order chi connectivity index (χ1) is 12.2. The molecule has 4 heteroatoms. The van der Waals surface area contributed by atoms with Gasteiger partial charge in [0.1, 0.15) is 0 Å². The summed E-state index contributed by atoms with van der Waals surface area (Å²) in [6.45, 7) is 0.715. The fraction of sp³-hybridized carbons (Fsp3) is 0.429. The third-order valence-electron chi connectivity index (χ3n) is 5.47. The normalized spacial score (nSPS) is 17.3. The van der Waals surface area contributed by atoms with E-state index in [1.54, 1.807) is 10.6 Å². The van der Waals surface area contributed by atoms with Crippen LogP contribution in [0, 0.1) is 0 Å². The van der Waals surface area contributed by atoms with Crippen LogP contribution in [0.15, 0.2) is 41.2 Å². The number of hydrogen-bond acceptors (Lipinski definition) is 2. The molecule has 0 atom stereocenters. The Balaban J connectivity index is 1.78. The van der Waals surface area contributed by atoms with Crippen LogP contribution >= 0.6 is 0 Å². The smallest absolute Gasteiger partial charge is 0.253 e. The number of aromatic nitrogens is 1. The maximum Gasteiger partial charge on any atom is 0.253 e. The average molecular weight is 336 g/mol. The van der Waals surface area contributed by atoms with Crippen LogP contribution in [-0.2, 0) is 13.0 Å². The molecule has 4 nitrogen and oxygen atoms in total. The number of benzene rings is 1. The lowest BCUT2D eigenvalue weighted by molar-refractivity contribution is 0.0927. The van der Waals surface area contributed by atoms with E-state index in [9.17, 15) is 9.59 Å². The van der Waals surface area contributed by atoms with Crippen molar-refractivity contribution < 1.29 is 4.79 Å². The molecule has 1 aromatic heterocycles. The molecule has 1 aromatic carbocycles. The molecule has 0 unspecified atom stereocenters. The molecule has 1 amide bonds. The summed E-state index contributed by atoms with van der Waals surface area (Å²) in [4.78, 5) is 25.7. The van der Waals surface area contributed by atoms with Crippen molar-refractivity contribution in [1.82, 2.24) is 9.88 Å². The van der Waals surface area contributed by atoms with Crippen molar-refractivity contribution in [3.8, 4) is 11.1 Å². The molecule has 1 aliphatic heterocycles. The van der Waals surface area contributed by atoms with Crippen LogP contribution in [0.3, 0.4) is 0 Å². The lowest BCUT2D eigenvalue weighted by atomic mass is 9.93. The highest BCUT2D eigenvalue weighted by molar-refractivity contribution is 6.02. The first-order valence-electron chi connectivity index (χ1n) is 9.37. The summed E-state index contributed by atoms with van der Waals surface area (Å²) >= 11 is 0. The minimum atomic E-state index is -0.0172. The number of fused-ring (bicyclic) bond motifs is 1. The second-order valence-corrected chi connectivity index (χ2v) is 7.15. The summed E-state index contributed by atoms with van der Waals surface area (Å²) in [6, 6.07) is 11.7. The highest BCUT2D eigenvalue weighted by atomic mass is 16.2.